The number of halogens is 3. The second-order valence-corrected chi connectivity index (χ2v) is 2.85. The SMILES string of the molecule is OCc1ncc(C(F)F)c(CCl)c1O. The molecule has 6 heteroatoms. The molecule has 0 atom stereocenters. The van der Waals surface area contributed by atoms with Gasteiger partial charge >= 0.3 is 0 Å². The molecule has 0 aliphatic carbocycles. The van der Waals surface area contributed by atoms with Crippen LogP contribution < -0.4 is 0 Å². The molecule has 1 heterocycles. The van der Waals surface area contributed by atoms with Crippen LogP contribution in [0.4, 0.5) is 8.78 Å². The average Bonchev–Trinajstić information content (AvgIpc) is 2.17. The Labute approximate surface area is 84.0 Å². The van der Waals surface area contributed by atoms with E-state index < -0.39 is 24.3 Å². The van der Waals surface area contributed by atoms with Crippen LogP contribution >= 0.6 is 11.6 Å². The maximum atomic E-state index is 12.4. The van der Waals surface area contributed by atoms with Crippen LogP contribution in [0.25, 0.3) is 0 Å². The van der Waals surface area contributed by atoms with Gasteiger partial charge in [-0.2, -0.15) is 0 Å². The lowest BCUT2D eigenvalue weighted by Gasteiger charge is -2.10. The van der Waals surface area contributed by atoms with Gasteiger partial charge in [0, 0.05) is 17.3 Å². The van der Waals surface area contributed by atoms with Crippen molar-refractivity contribution in [3.8, 4) is 5.75 Å². The number of aromatic nitrogens is 1. The predicted octanol–water partition coefficient (Wildman–Crippen LogP) is 1.96. The fraction of sp³-hybridized carbons (Fsp3) is 0.375. The first-order chi connectivity index (χ1) is 6.61. The molecule has 0 radical (unpaired) electrons. The van der Waals surface area contributed by atoms with Gasteiger partial charge in [0.15, 0.2) is 0 Å². The number of aliphatic hydroxyl groups excluding tert-OH is 1. The molecule has 0 saturated carbocycles. The first kappa shape index (κ1) is 11.1. The summed E-state index contributed by atoms with van der Waals surface area (Å²) < 4.78 is 24.7. The summed E-state index contributed by atoms with van der Waals surface area (Å²) in [6.07, 6.45) is -1.83. The molecule has 0 saturated heterocycles. The van der Waals surface area contributed by atoms with Gasteiger partial charge in [0.05, 0.1) is 12.5 Å². The molecule has 0 unspecified atom stereocenters. The van der Waals surface area contributed by atoms with Crippen LogP contribution in [0.15, 0.2) is 6.20 Å². The summed E-state index contributed by atoms with van der Waals surface area (Å²) in [5, 5.41) is 18.1. The molecule has 1 rings (SSSR count). The number of aromatic hydroxyl groups is 1. The molecule has 0 aliphatic rings. The van der Waals surface area contributed by atoms with Crippen LogP contribution in [0, 0.1) is 0 Å². The van der Waals surface area contributed by atoms with Crippen molar-refractivity contribution < 1.29 is 19.0 Å². The molecule has 0 amide bonds. The van der Waals surface area contributed by atoms with Crippen molar-refractivity contribution in [3.63, 3.8) is 0 Å². The van der Waals surface area contributed by atoms with Gasteiger partial charge in [-0.05, 0) is 0 Å². The van der Waals surface area contributed by atoms with Crippen molar-refractivity contribution in [1.29, 1.82) is 0 Å². The lowest BCUT2D eigenvalue weighted by molar-refractivity contribution is 0.149. The molecule has 1 aromatic rings. The van der Waals surface area contributed by atoms with E-state index in [1.807, 2.05) is 0 Å². The smallest absolute Gasteiger partial charge is 0.265 e. The third-order valence-electron chi connectivity index (χ3n) is 1.79. The fourth-order valence-corrected chi connectivity index (χ4v) is 1.32. The van der Waals surface area contributed by atoms with Gasteiger partial charge < -0.3 is 10.2 Å². The Morgan fingerprint density at radius 2 is 2.14 bits per heavy atom. The second kappa shape index (κ2) is 4.52. The van der Waals surface area contributed by atoms with E-state index in [2.05, 4.69) is 4.98 Å². The van der Waals surface area contributed by atoms with Crippen molar-refractivity contribution in [2.24, 2.45) is 0 Å². The first-order valence-electron chi connectivity index (χ1n) is 3.76. The summed E-state index contributed by atoms with van der Waals surface area (Å²) in [7, 11) is 0. The Balaban J connectivity index is 3.28. The van der Waals surface area contributed by atoms with Gasteiger partial charge in [0.1, 0.15) is 11.4 Å². The number of nitrogens with zero attached hydrogens (tertiary/aromatic N) is 1. The molecule has 3 nitrogen and oxygen atoms in total. The van der Waals surface area contributed by atoms with Crippen LogP contribution in [0.2, 0.25) is 0 Å². The fourth-order valence-electron chi connectivity index (χ4n) is 1.04. The Morgan fingerprint density at radius 3 is 2.57 bits per heavy atom. The number of pyridine rings is 1. The summed E-state index contributed by atoms with van der Waals surface area (Å²) in [6, 6.07) is 0. The van der Waals surface area contributed by atoms with E-state index in [1.165, 1.54) is 0 Å². The number of hydrogen-bond acceptors (Lipinski definition) is 3. The van der Waals surface area contributed by atoms with Crippen LogP contribution in [-0.4, -0.2) is 15.2 Å². The van der Waals surface area contributed by atoms with Crippen LogP contribution in [0.5, 0.6) is 5.75 Å². The van der Waals surface area contributed by atoms with Gasteiger partial charge in [0.2, 0.25) is 0 Å². The Bertz CT molecular complexity index is 333. The third-order valence-corrected chi connectivity index (χ3v) is 2.05. The van der Waals surface area contributed by atoms with E-state index in [1.54, 1.807) is 0 Å². The van der Waals surface area contributed by atoms with Gasteiger partial charge in [-0.15, -0.1) is 11.6 Å². The summed E-state index contributed by atoms with van der Waals surface area (Å²) in [4.78, 5) is 3.49. The van der Waals surface area contributed by atoms with Crippen molar-refractivity contribution >= 4 is 11.6 Å². The van der Waals surface area contributed by atoms with Gasteiger partial charge in [0.25, 0.3) is 6.43 Å². The van der Waals surface area contributed by atoms with Crippen molar-refractivity contribution in [1.82, 2.24) is 4.98 Å². The molecular weight excluding hydrogens is 216 g/mol. The van der Waals surface area contributed by atoms with E-state index in [-0.39, 0.29) is 17.1 Å². The number of rotatable bonds is 3. The summed E-state index contributed by atoms with van der Waals surface area (Å²) in [6.45, 7) is -0.515. The molecule has 0 aliphatic heterocycles. The van der Waals surface area contributed by atoms with Gasteiger partial charge in [-0.1, -0.05) is 0 Å². The normalized spacial score (nSPS) is 10.9. The molecule has 0 fully saturated rings. The van der Waals surface area contributed by atoms with Crippen LogP contribution in [0.3, 0.4) is 0 Å². The van der Waals surface area contributed by atoms with E-state index >= 15 is 0 Å². The Hall–Kier alpha value is -0.940. The highest BCUT2D eigenvalue weighted by molar-refractivity contribution is 6.17. The van der Waals surface area contributed by atoms with Crippen molar-refractivity contribution in [3.05, 3.63) is 23.0 Å². The number of aliphatic hydroxyl groups is 1. The summed E-state index contributed by atoms with van der Waals surface area (Å²) in [5.41, 5.74) is -0.541. The standard InChI is InChI=1S/C8H8ClF2NO2/c9-1-4-5(8(10)11)2-12-6(3-13)7(4)14/h2,8,13-14H,1,3H2. The highest BCUT2D eigenvalue weighted by Crippen LogP contribution is 2.31. The minimum Gasteiger partial charge on any atom is -0.506 e. The Morgan fingerprint density at radius 1 is 1.50 bits per heavy atom. The molecule has 0 spiro atoms. The Kier molecular flexibility index (Phi) is 3.60. The van der Waals surface area contributed by atoms with E-state index in [0.717, 1.165) is 6.20 Å². The lowest BCUT2D eigenvalue weighted by Crippen LogP contribution is -1.99. The molecule has 0 bridgehead atoms. The third kappa shape index (κ3) is 1.93. The minimum atomic E-state index is -2.74. The van der Waals surface area contributed by atoms with E-state index in [0.29, 0.717) is 0 Å². The highest BCUT2D eigenvalue weighted by atomic mass is 35.5. The van der Waals surface area contributed by atoms with Crippen LogP contribution in [-0.2, 0) is 12.5 Å². The molecule has 78 valence electrons. The quantitative estimate of drug-likeness (QED) is 0.771. The highest BCUT2D eigenvalue weighted by Gasteiger charge is 2.18. The maximum Gasteiger partial charge on any atom is 0.265 e. The zero-order valence-electron chi connectivity index (χ0n) is 7.04. The van der Waals surface area contributed by atoms with Gasteiger partial charge in [-0.3, -0.25) is 4.98 Å². The van der Waals surface area contributed by atoms with Crippen molar-refractivity contribution in [2.75, 3.05) is 0 Å². The largest absolute Gasteiger partial charge is 0.506 e. The molecule has 14 heavy (non-hydrogen) atoms. The summed E-state index contributed by atoms with van der Waals surface area (Å²) in [5.74, 6) is -0.707. The molecule has 1 aromatic heterocycles. The molecular formula is C8H8ClF2NO2. The van der Waals surface area contributed by atoms with E-state index in [4.69, 9.17) is 16.7 Å². The van der Waals surface area contributed by atoms with Crippen LogP contribution in [0.1, 0.15) is 23.2 Å². The number of alkyl halides is 3. The van der Waals surface area contributed by atoms with E-state index in [9.17, 15) is 13.9 Å². The zero-order chi connectivity index (χ0) is 10.7. The maximum absolute atomic E-state index is 12.4. The summed E-state index contributed by atoms with van der Waals surface area (Å²) >= 11 is 5.41. The number of hydrogen-bond donors (Lipinski definition) is 2. The lowest BCUT2D eigenvalue weighted by atomic mass is 10.1. The second-order valence-electron chi connectivity index (χ2n) is 2.58. The first-order valence-corrected chi connectivity index (χ1v) is 4.29. The topological polar surface area (TPSA) is 53.4 Å². The predicted molar refractivity (Wildman–Crippen MR) is 46.3 cm³/mol. The molecule has 0 aromatic carbocycles. The average molecular weight is 224 g/mol. The minimum absolute atomic E-state index is 0.0509. The molecule has 2 N–H and O–H groups in total. The zero-order valence-corrected chi connectivity index (χ0v) is 7.80. The monoisotopic (exact) mass is 223 g/mol. The van der Waals surface area contributed by atoms with Gasteiger partial charge in [-0.25, -0.2) is 8.78 Å². The van der Waals surface area contributed by atoms with Crippen molar-refractivity contribution in [2.45, 2.75) is 18.9 Å².